The monoisotopic (exact) mass is 250 g/mol. The molecule has 1 heterocycles. The highest BCUT2D eigenvalue weighted by Crippen LogP contribution is 2.39. The first-order valence-corrected chi connectivity index (χ1v) is 6.16. The van der Waals surface area contributed by atoms with Crippen molar-refractivity contribution in [1.82, 2.24) is 0 Å². The Hall–Kier alpha value is -1.33. The van der Waals surface area contributed by atoms with Crippen LogP contribution in [0.1, 0.15) is 31.2 Å². The molecule has 0 N–H and O–H groups in total. The lowest BCUT2D eigenvalue weighted by Crippen LogP contribution is -2.15. The van der Waals surface area contributed by atoms with Gasteiger partial charge in [0, 0.05) is 17.5 Å². The van der Waals surface area contributed by atoms with Crippen LogP contribution in [0, 0.1) is 12.3 Å². The fourth-order valence-electron chi connectivity index (χ4n) is 2.01. The molecule has 0 radical (unpaired) electrons. The number of ether oxygens (including phenoxy) is 2. The third-order valence-electron chi connectivity index (χ3n) is 2.96. The summed E-state index contributed by atoms with van der Waals surface area (Å²) in [5.74, 6) is 4.47. The molecule has 0 fully saturated rings. The second-order valence-electron chi connectivity index (χ2n) is 4.03. The summed E-state index contributed by atoms with van der Waals surface area (Å²) in [6.07, 6.45) is 7.03. The van der Waals surface area contributed by atoms with Gasteiger partial charge in [-0.05, 0) is 24.0 Å². The number of rotatable bonds is 3. The van der Waals surface area contributed by atoms with Crippen LogP contribution in [-0.2, 0) is 0 Å². The molecule has 1 aliphatic heterocycles. The molecular weight excluding hydrogens is 236 g/mol. The number of hydrogen-bond acceptors (Lipinski definition) is 2. The lowest BCUT2D eigenvalue weighted by molar-refractivity contribution is 0.171. The molecule has 0 amide bonds. The molecule has 0 saturated carbocycles. The van der Waals surface area contributed by atoms with Gasteiger partial charge < -0.3 is 9.47 Å². The van der Waals surface area contributed by atoms with Gasteiger partial charge in [-0.25, -0.2) is 0 Å². The summed E-state index contributed by atoms with van der Waals surface area (Å²) in [6.45, 7) is 3.26. The van der Waals surface area contributed by atoms with E-state index in [1.165, 1.54) is 0 Å². The van der Waals surface area contributed by atoms with Crippen LogP contribution in [0.15, 0.2) is 12.1 Å². The zero-order valence-electron chi connectivity index (χ0n) is 9.83. The van der Waals surface area contributed by atoms with Crippen LogP contribution < -0.4 is 9.47 Å². The average Bonchev–Trinajstić information content (AvgIpc) is 2.35. The van der Waals surface area contributed by atoms with Gasteiger partial charge in [-0.2, -0.15) is 0 Å². The zero-order valence-corrected chi connectivity index (χ0v) is 10.6. The van der Waals surface area contributed by atoms with Crippen LogP contribution in [-0.4, -0.2) is 13.2 Å². The van der Waals surface area contributed by atoms with E-state index < -0.39 is 0 Å². The lowest BCUT2D eigenvalue weighted by Gasteiger charge is -2.22. The summed E-state index contributed by atoms with van der Waals surface area (Å²) in [5.41, 5.74) is 1.05. The van der Waals surface area contributed by atoms with E-state index in [-0.39, 0.29) is 5.92 Å². The van der Waals surface area contributed by atoms with Gasteiger partial charge in [0.2, 0.25) is 0 Å². The van der Waals surface area contributed by atoms with Crippen molar-refractivity contribution >= 4 is 11.6 Å². The molecule has 2 rings (SSSR count). The van der Waals surface area contributed by atoms with Crippen LogP contribution in [0.2, 0.25) is 5.02 Å². The summed E-state index contributed by atoms with van der Waals surface area (Å²) >= 11 is 6.27. The normalized spacial score (nSPS) is 15.1. The Morgan fingerprint density at radius 1 is 1.35 bits per heavy atom. The first-order chi connectivity index (χ1) is 8.26. The highest BCUT2D eigenvalue weighted by Gasteiger charge is 2.19. The van der Waals surface area contributed by atoms with Crippen LogP contribution in [0.4, 0.5) is 0 Å². The maximum absolute atomic E-state index is 6.27. The fourth-order valence-corrected chi connectivity index (χ4v) is 2.32. The van der Waals surface area contributed by atoms with E-state index >= 15 is 0 Å². The molecule has 90 valence electrons. The molecule has 2 nitrogen and oxygen atoms in total. The van der Waals surface area contributed by atoms with Crippen molar-refractivity contribution in [3.63, 3.8) is 0 Å². The van der Waals surface area contributed by atoms with E-state index in [2.05, 4.69) is 12.8 Å². The number of halogens is 1. The van der Waals surface area contributed by atoms with E-state index in [1.807, 2.05) is 12.1 Å². The van der Waals surface area contributed by atoms with E-state index in [0.717, 1.165) is 23.5 Å². The predicted molar refractivity (Wildman–Crippen MR) is 68.9 cm³/mol. The Kier molecular flexibility index (Phi) is 3.81. The fraction of sp³-hybridized carbons (Fsp3) is 0.429. The summed E-state index contributed by atoms with van der Waals surface area (Å²) in [5, 5.41) is 0.705. The minimum Gasteiger partial charge on any atom is -0.486 e. The van der Waals surface area contributed by atoms with Crippen molar-refractivity contribution in [2.75, 3.05) is 13.2 Å². The third kappa shape index (κ3) is 2.50. The minimum absolute atomic E-state index is 0.281. The lowest BCUT2D eigenvalue weighted by atomic mass is 9.93. The smallest absolute Gasteiger partial charge is 0.162 e. The van der Waals surface area contributed by atoms with Crippen molar-refractivity contribution in [2.24, 2.45) is 0 Å². The molecule has 0 aliphatic carbocycles. The number of fused-ring (bicyclic) bond motifs is 1. The third-order valence-corrected chi connectivity index (χ3v) is 3.29. The number of benzene rings is 1. The highest BCUT2D eigenvalue weighted by atomic mass is 35.5. The van der Waals surface area contributed by atoms with Crippen molar-refractivity contribution < 1.29 is 9.47 Å². The molecule has 0 bridgehead atoms. The molecule has 1 aromatic rings. The molecular formula is C14H15ClO2. The van der Waals surface area contributed by atoms with Gasteiger partial charge in [0.15, 0.2) is 11.5 Å². The minimum atomic E-state index is 0.281. The molecule has 0 saturated heterocycles. The van der Waals surface area contributed by atoms with Crippen LogP contribution in [0.25, 0.3) is 0 Å². The first-order valence-electron chi connectivity index (χ1n) is 5.78. The Bertz CT molecular complexity index is 448. The summed E-state index contributed by atoms with van der Waals surface area (Å²) in [7, 11) is 0. The Morgan fingerprint density at radius 3 is 2.59 bits per heavy atom. The predicted octanol–water partition coefficient (Wildman–Crippen LogP) is 3.63. The van der Waals surface area contributed by atoms with Crippen molar-refractivity contribution in [1.29, 1.82) is 0 Å². The van der Waals surface area contributed by atoms with Crippen LogP contribution >= 0.6 is 11.6 Å². The SMILES string of the molecule is C#CCC(CC)c1cc2c(cc1Cl)OCCO2. The van der Waals surface area contributed by atoms with E-state index in [4.69, 9.17) is 27.5 Å². The molecule has 1 aliphatic rings. The van der Waals surface area contributed by atoms with Gasteiger partial charge in [-0.1, -0.05) is 18.5 Å². The zero-order chi connectivity index (χ0) is 12.3. The molecule has 1 unspecified atom stereocenters. The number of hydrogen-bond donors (Lipinski definition) is 0. The van der Waals surface area contributed by atoms with Gasteiger partial charge in [0.1, 0.15) is 13.2 Å². The maximum Gasteiger partial charge on any atom is 0.162 e. The standard InChI is InChI=1S/C14H15ClO2/c1-3-5-10(4-2)11-8-13-14(9-12(11)15)17-7-6-16-13/h1,8-10H,4-7H2,2H3. The van der Waals surface area contributed by atoms with E-state index in [1.54, 1.807) is 0 Å². The summed E-state index contributed by atoms with van der Waals surface area (Å²) < 4.78 is 11.0. The molecule has 17 heavy (non-hydrogen) atoms. The first kappa shape index (κ1) is 12.1. The maximum atomic E-state index is 6.27. The molecule has 0 spiro atoms. The van der Waals surface area contributed by atoms with Gasteiger partial charge in [0.05, 0.1) is 0 Å². The van der Waals surface area contributed by atoms with E-state index in [9.17, 15) is 0 Å². The van der Waals surface area contributed by atoms with Crippen LogP contribution in [0.3, 0.4) is 0 Å². The average molecular weight is 251 g/mol. The second-order valence-corrected chi connectivity index (χ2v) is 4.44. The van der Waals surface area contributed by atoms with Gasteiger partial charge in [-0.3, -0.25) is 0 Å². The molecule has 0 aromatic heterocycles. The molecule has 1 aromatic carbocycles. The Morgan fingerprint density at radius 2 is 2.00 bits per heavy atom. The van der Waals surface area contributed by atoms with Crippen molar-refractivity contribution in [3.8, 4) is 23.8 Å². The summed E-state index contributed by atoms with van der Waals surface area (Å²) in [6, 6.07) is 3.78. The Labute approximate surface area is 107 Å². The van der Waals surface area contributed by atoms with E-state index in [0.29, 0.717) is 24.7 Å². The quantitative estimate of drug-likeness (QED) is 0.763. The van der Waals surface area contributed by atoms with Gasteiger partial charge >= 0.3 is 0 Å². The molecule has 3 heteroatoms. The van der Waals surface area contributed by atoms with Gasteiger partial charge in [0.25, 0.3) is 0 Å². The van der Waals surface area contributed by atoms with Crippen molar-refractivity contribution in [2.45, 2.75) is 25.7 Å². The highest BCUT2D eigenvalue weighted by molar-refractivity contribution is 6.31. The largest absolute Gasteiger partial charge is 0.486 e. The van der Waals surface area contributed by atoms with Crippen LogP contribution in [0.5, 0.6) is 11.5 Å². The number of terminal acetylenes is 1. The van der Waals surface area contributed by atoms with Crippen molar-refractivity contribution in [3.05, 3.63) is 22.7 Å². The van der Waals surface area contributed by atoms with Gasteiger partial charge in [-0.15, -0.1) is 12.3 Å². The molecule has 1 atom stereocenters. The Balaban J connectivity index is 2.37. The topological polar surface area (TPSA) is 18.5 Å². The second kappa shape index (κ2) is 5.33. The summed E-state index contributed by atoms with van der Waals surface area (Å²) in [4.78, 5) is 0.